The van der Waals surface area contributed by atoms with E-state index < -0.39 is 11.6 Å². The van der Waals surface area contributed by atoms with Crippen molar-refractivity contribution in [2.75, 3.05) is 18.4 Å². The average molecular weight is 342 g/mol. The molecule has 0 aliphatic carbocycles. The first-order valence-electron chi connectivity index (χ1n) is 8.53. The number of aryl methyl sites for hydroxylation is 1. The van der Waals surface area contributed by atoms with E-state index in [4.69, 9.17) is 0 Å². The SMILES string of the molecule is Cc1nn(-c2cc(F)cc(F)c2)c2ccc(NC3CCNCC3)cc12. The predicted molar refractivity (Wildman–Crippen MR) is 95.2 cm³/mol. The molecule has 1 aliphatic heterocycles. The minimum atomic E-state index is -0.611. The molecule has 2 heterocycles. The normalized spacial score (nSPS) is 15.6. The van der Waals surface area contributed by atoms with Gasteiger partial charge >= 0.3 is 0 Å². The smallest absolute Gasteiger partial charge is 0.128 e. The van der Waals surface area contributed by atoms with Crippen LogP contribution >= 0.6 is 0 Å². The van der Waals surface area contributed by atoms with Gasteiger partial charge in [-0.15, -0.1) is 0 Å². The highest BCUT2D eigenvalue weighted by molar-refractivity contribution is 5.86. The largest absolute Gasteiger partial charge is 0.382 e. The minimum absolute atomic E-state index is 0.384. The quantitative estimate of drug-likeness (QED) is 0.761. The van der Waals surface area contributed by atoms with Crippen LogP contribution in [-0.4, -0.2) is 28.9 Å². The van der Waals surface area contributed by atoms with Gasteiger partial charge in [-0.05, 0) is 63.2 Å². The van der Waals surface area contributed by atoms with Crippen LogP contribution in [0.15, 0.2) is 36.4 Å². The molecule has 1 saturated heterocycles. The van der Waals surface area contributed by atoms with Gasteiger partial charge in [0.05, 0.1) is 16.9 Å². The van der Waals surface area contributed by atoms with Gasteiger partial charge in [0, 0.05) is 23.2 Å². The van der Waals surface area contributed by atoms with Crippen molar-refractivity contribution in [3.8, 4) is 5.69 Å². The fourth-order valence-electron chi connectivity index (χ4n) is 3.42. The third kappa shape index (κ3) is 3.22. The lowest BCUT2D eigenvalue weighted by Gasteiger charge is -2.24. The molecule has 1 aliphatic rings. The summed E-state index contributed by atoms with van der Waals surface area (Å²) >= 11 is 0. The molecule has 4 rings (SSSR count). The lowest BCUT2D eigenvalue weighted by molar-refractivity contribution is 0.479. The summed E-state index contributed by atoms with van der Waals surface area (Å²) in [5, 5.41) is 12.4. The Hall–Kier alpha value is -2.47. The molecule has 0 unspecified atom stereocenters. The maximum absolute atomic E-state index is 13.5. The zero-order valence-corrected chi connectivity index (χ0v) is 14.0. The molecule has 2 aromatic carbocycles. The van der Waals surface area contributed by atoms with Crippen LogP contribution in [-0.2, 0) is 0 Å². The summed E-state index contributed by atoms with van der Waals surface area (Å²) in [4.78, 5) is 0. The van der Waals surface area contributed by atoms with Crippen molar-refractivity contribution >= 4 is 16.6 Å². The molecule has 1 fully saturated rings. The molecule has 0 saturated carbocycles. The van der Waals surface area contributed by atoms with Crippen LogP contribution in [0.5, 0.6) is 0 Å². The third-order valence-corrected chi connectivity index (χ3v) is 4.67. The minimum Gasteiger partial charge on any atom is -0.382 e. The second-order valence-corrected chi connectivity index (χ2v) is 6.53. The molecule has 2 N–H and O–H groups in total. The number of rotatable bonds is 3. The second kappa shape index (κ2) is 6.44. The zero-order chi connectivity index (χ0) is 17.4. The van der Waals surface area contributed by atoms with Crippen LogP contribution in [0.1, 0.15) is 18.5 Å². The Morgan fingerprint density at radius 2 is 1.80 bits per heavy atom. The molecule has 0 bridgehead atoms. The van der Waals surface area contributed by atoms with E-state index in [0.29, 0.717) is 11.7 Å². The Balaban J connectivity index is 1.71. The van der Waals surface area contributed by atoms with E-state index in [1.807, 2.05) is 19.1 Å². The van der Waals surface area contributed by atoms with E-state index >= 15 is 0 Å². The van der Waals surface area contributed by atoms with Crippen LogP contribution in [0.4, 0.5) is 14.5 Å². The topological polar surface area (TPSA) is 41.9 Å². The van der Waals surface area contributed by atoms with E-state index in [9.17, 15) is 8.78 Å². The zero-order valence-electron chi connectivity index (χ0n) is 14.0. The Morgan fingerprint density at radius 3 is 2.52 bits per heavy atom. The van der Waals surface area contributed by atoms with Gasteiger partial charge in [-0.25, -0.2) is 13.5 Å². The second-order valence-electron chi connectivity index (χ2n) is 6.53. The fourth-order valence-corrected chi connectivity index (χ4v) is 3.42. The number of anilines is 1. The molecule has 0 spiro atoms. The van der Waals surface area contributed by atoms with E-state index in [0.717, 1.165) is 54.3 Å². The van der Waals surface area contributed by atoms with Crippen molar-refractivity contribution in [2.45, 2.75) is 25.8 Å². The summed E-state index contributed by atoms with van der Waals surface area (Å²) in [7, 11) is 0. The van der Waals surface area contributed by atoms with Gasteiger partial charge in [-0.3, -0.25) is 0 Å². The van der Waals surface area contributed by atoms with Crippen molar-refractivity contribution in [3.63, 3.8) is 0 Å². The fraction of sp³-hybridized carbons (Fsp3) is 0.316. The first kappa shape index (κ1) is 16.0. The molecule has 130 valence electrons. The number of fused-ring (bicyclic) bond motifs is 1. The Kier molecular flexibility index (Phi) is 4.13. The standard InChI is InChI=1S/C19H20F2N4/c1-12-18-11-16(23-15-4-6-22-7-5-15)2-3-19(18)25(24-12)17-9-13(20)8-14(21)10-17/h2-3,8-11,15,22-23H,4-7H2,1H3. The highest BCUT2D eigenvalue weighted by atomic mass is 19.1. The summed E-state index contributed by atoms with van der Waals surface area (Å²) < 4.78 is 28.7. The first-order chi connectivity index (χ1) is 12.1. The van der Waals surface area contributed by atoms with Crippen molar-refractivity contribution in [2.24, 2.45) is 0 Å². The number of hydrogen-bond donors (Lipinski definition) is 2. The van der Waals surface area contributed by atoms with Crippen molar-refractivity contribution in [1.82, 2.24) is 15.1 Å². The van der Waals surface area contributed by atoms with Crippen molar-refractivity contribution in [3.05, 3.63) is 53.7 Å². The average Bonchev–Trinajstić information content (AvgIpc) is 2.92. The summed E-state index contributed by atoms with van der Waals surface area (Å²) in [6.45, 7) is 3.97. The molecule has 0 radical (unpaired) electrons. The lowest BCUT2D eigenvalue weighted by atomic mass is 10.1. The van der Waals surface area contributed by atoms with Gasteiger partial charge in [-0.2, -0.15) is 5.10 Å². The molecule has 25 heavy (non-hydrogen) atoms. The molecule has 4 nitrogen and oxygen atoms in total. The van der Waals surface area contributed by atoms with Gasteiger partial charge in [0.2, 0.25) is 0 Å². The van der Waals surface area contributed by atoms with E-state index in [-0.39, 0.29) is 0 Å². The van der Waals surface area contributed by atoms with Crippen LogP contribution < -0.4 is 10.6 Å². The number of benzene rings is 2. The van der Waals surface area contributed by atoms with Gasteiger partial charge in [0.1, 0.15) is 11.6 Å². The lowest BCUT2D eigenvalue weighted by Crippen LogP contribution is -2.35. The maximum Gasteiger partial charge on any atom is 0.128 e. The highest BCUT2D eigenvalue weighted by Crippen LogP contribution is 2.26. The van der Waals surface area contributed by atoms with E-state index in [2.05, 4.69) is 21.8 Å². The van der Waals surface area contributed by atoms with Crippen molar-refractivity contribution in [1.29, 1.82) is 0 Å². The first-order valence-corrected chi connectivity index (χ1v) is 8.53. The van der Waals surface area contributed by atoms with Gasteiger partial charge in [0.25, 0.3) is 0 Å². The number of halogens is 2. The molecule has 0 atom stereocenters. The third-order valence-electron chi connectivity index (χ3n) is 4.67. The Labute approximate surface area is 144 Å². The summed E-state index contributed by atoms with van der Waals surface area (Å²) in [5.41, 5.74) is 3.09. The summed E-state index contributed by atoms with van der Waals surface area (Å²) in [6.07, 6.45) is 2.19. The Bertz CT molecular complexity index is 893. The van der Waals surface area contributed by atoms with E-state index in [1.54, 1.807) is 4.68 Å². The van der Waals surface area contributed by atoms with Crippen molar-refractivity contribution < 1.29 is 8.78 Å². The maximum atomic E-state index is 13.5. The van der Waals surface area contributed by atoms with Gasteiger partial charge < -0.3 is 10.6 Å². The number of aromatic nitrogens is 2. The Morgan fingerprint density at radius 1 is 1.08 bits per heavy atom. The van der Waals surface area contributed by atoms with Crippen LogP contribution in [0.2, 0.25) is 0 Å². The number of piperidine rings is 1. The molecule has 0 amide bonds. The molecule has 6 heteroatoms. The summed E-state index contributed by atoms with van der Waals surface area (Å²) in [5.74, 6) is -1.22. The van der Waals surface area contributed by atoms with E-state index in [1.165, 1.54) is 12.1 Å². The molecular formula is C19H20F2N4. The van der Waals surface area contributed by atoms with Crippen LogP contribution in [0.3, 0.4) is 0 Å². The number of nitrogens with zero attached hydrogens (tertiary/aromatic N) is 2. The number of hydrogen-bond acceptors (Lipinski definition) is 3. The highest BCUT2D eigenvalue weighted by Gasteiger charge is 2.15. The molecular weight excluding hydrogens is 322 g/mol. The van der Waals surface area contributed by atoms with Gasteiger partial charge in [-0.1, -0.05) is 0 Å². The predicted octanol–water partition coefficient (Wildman–Crippen LogP) is 3.78. The van der Waals surface area contributed by atoms with Crippen LogP contribution in [0.25, 0.3) is 16.6 Å². The number of nitrogens with one attached hydrogen (secondary N) is 2. The molecule has 1 aromatic heterocycles. The van der Waals surface area contributed by atoms with Gasteiger partial charge in [0.15, 0.2) is 0 Å². The van der Waals surface area contributed by atoms with Crippen LogP contribution in [0, 0.1) is 18.6 Å². The summed E-state index contributed by atoms with van der Waals surface area (Å²) in [6, 6.07) is 9.91. The monoisotopic (exact) mass is 342 g/mol. The molecule has 3 aromatic rings.